The van der Waals surface area contributed by atoms with Gasteiger partial charge in [-0.2, -0.15) is 10.2 Å². The molecule has 0 aliphatic carbocycles. The van der Waals surface area contributed by atoms with Crippen molar-refractivity contribution in [3.05, 3.63) is 30.1 Å². The van der Waals surface area contributed by atoms with Gasteiger partial charge in [0, 0.05) is 44.7 Å². The first-order valence-corrected chi connectivity index (χ1v) is 9.29. The molecule has 0 unspecified atom stereocenters. The number of piperidine rings is 1. The van der Waals surface area contributed by atoms with Gasteiger partial charge in [0.25, 0.3) is 0 Å². The van der Waals surface area contributed by atoms with E-state index >= 15 is 0 Å². The highest BCUT2D eigenvalue weighted by Crippen LogP contribution is 2.38. The van der Waals surface area contributed by atoms with Crippen LogP contribution in [-0.4, -0.2) is 39.5 Å². The molecule has 2 aliphatic rings. The molecule has 0 atom stereocenters. The second-order valence-corrected chi connectivity index (χ2v) is 7.18. The first kappa shape index (κ1) is 16.8. The normalized spacial score (nSPS) is 18.8. The van der Waals surface area contributed by atoms with Crippen LogP contribution < -0.4 is 0 Å². The molecule has 3 heterocycles. The number of rotatable bonds is 6. The van der Waals surface area contributed by atoms with E-state index in [1.54, 1.807) is 0 Å². The zero-order chi connectivity index (χ0) is 18.0. The molecule has 1 N–H and O–H groups in total. The van der Waals surface area contributed by atoms with Gasteiger partial charge in [-0.15, -0.1) is 12.3 Å². The van der Waals surface area contributed by atoms with Crippen LogP contribution in [0.15, 0.2) is 34.5 Å². The van der Waals surface area contributed by atoms with Crippen molar-refractivity contribution in [3.63, 3.8) is 0 Å². The molecule has 6 heteroatoms. The third-order valence-electron chi connectivity index (χ3n) is 5.43. The van der Waals surface area contributed by atoms with Gasteiger partial charge >= 0.3 is 0 Å². The van der Waals surface area contributed by atoms with E-state index < -0.39 is 0 Å². The number of aromatic nitrogens is 2. The Balaban J connectivity index is 1.28. The maximum absolute atomic E-state index is 12.5. The highest BCUT2D eigenvalue weighted by Gasteiger charge is 2.39. The first-order chi connectivity index (χ1) is 12.7. The van der Waals surface area contributed by atoms with Crippen molar-refractivity contribution in [1.82, 2.24) is 14.9 Å². The van der Waals surface area contributed by atoms with Crippen LogP contribution in [0.5, 0.6) is 0 Å². The SMILES string of the molecule is C#CCCC1(CCC(=O)N2CCC(c3nc4ccccc4[nH]3)CC2)N=N1. The fourth-order valence-corrected chi connectivity index (χ4v) is 3.70. The second kappa shape index (κ2) is 6.91. The van der Waals surface area contributed by atoms with E-state index in [-0.39, 0.29) is 11.6 Å². The molecule has 0 bridgehead atoms. The molecule has 1 saturated heterocycles. The molecule has 4 rings (SSSR count). The average Bonchev–Trinajstić information content (AvgIpc) is 3.32. The molecule has 1 aromatic heterocycles. The number of nitrogens with one attached hydrogen (secondary N) is 1. The predicted octanol–water partition coefficient (Wildman–Crippen LogP) is 3.62. The molecular formula is C20H23N5O. The number of fused-ring (bicyclic) bond motifs is 1. The number of carbonyl (C=O) groups is 1. The van der Waals surface area contributed by atoms with Crippen LogP contribution in [0.1, 0.15) is 50.3 Å². The standard InChI is InChI=1S/C20H23N5O/c1-2-3-11-20(23-24-20)12-8-18(26)25-13-9-15(10-14-25)19-21-16-6-4-5-7-17(16)22-19/h1,4-7,15H,3,8-14H2,(H,21,22). The highest BCUT2D eigenvalue weighted by molar-refractivity contribution is 5.76. The molecule has 2 aliphatic heterocycles. The van der Waals surface area contributed by atoms with Crippen molar-refractivity contribution in [2.24, 2.45) is 10.2 Å². The minimum atomic E-state index is -0.366. The fourth-order valence-electron chi connectivity index (χ4n) is 3.70. The van der Waals surface area contributed by atoms with Crippen LogP contribution in [0.3, 0.4) is 0 Å². The Kier molecular flexibility index (Phi) is 4.46. The smallest absolute Gasteiger partial charge is 0.222 e. The number of imidazole rings is 1. The molecule has 26 heavy (non-hydrogen) atoms. The van der Waals surface area contributed by atoms with E-state index in [1.807, 2.05) is 23.1 Å². The number of para-hydroxylation sites is 2. The van der Waals surface area contributed by atoms with Crippen molar-refractivity contribution >= 4 is 16.9 Å². The molecule has 0 spiro atoms. The molecule has 134 valence electrons. The van der Waals surface area contributed by atoms with E-state index in [0.29, 0.717) is 25.2 Å². The summed E-state index contributed by atoms with van der Waals surface area (Å²) in [6.07, 6.45) is 9.78. The monoisotopic (exact) mass is 349 g/mol. The third kappa shape index (κ3) is 3.48. The van der Waals surface area contributed by atoms with E-state index in [2.05, 4.69) is 27.2 Å². The van der Waals surface area contributed by atoms with Crippen LogP contribution in [0, 0.1) is 12.3 Å². The second-order valence-electron chi connectivity index (χ2n) is 7.18. The molecular weight excluding hydrogens is 326 g/mol. The predicted molar refractivity (Wildman–Crippen MR) is 99.5 cm³/mol. The Labute approximate surface area is 153 Å². The maximum Gasteiger partial charge on any atom is 0.222 e. The molecule has 0 radical (unpaired) electrons. The van der Waals surface area contributed by atoms with E-state index in [4.69, 9.17) is 11.4 Å². The highest BCUT2D eigenvalue weighted by atomic mass is 16.2. The summed E-state index contributed by atoms with van der Waals surface area (Å²) in [5.41, 5.74) is 1.72. The minimum Gasteiger partial charge on any atom is -0.343 e. The summed E-state index contributed by atoms with van der Waals surface area (Å²) >= 11 is 0. The van der Waals surface area contributed by atoms with E-state index in [9.17, 15) is 4.79 Å². The Bertz CT molecular complexity index is 831. The van der Waals surface area contributed by atoms with Crippen LogP contribution in [-0.2, 0) is 4.79 Å². The number of amides is 1. The van der Waals surface area contributed by atoms with Gasteiger partial charge in [-0.3, -0.25) is 4.79 Å². The fraction of sp³-hybridized carbons (Fsp3) is 0.500. The van der Waals surface area contributed by atoms with Crippen LogP contribution in [0.25, 0.3) is 11.0 Å². The van der Waals surface area contributed by atoms with Gasteiger partial charge < -0.3 is 9.88 Å². The Morgan fingerprint density at radius 1 is 1.27 bits per heavy atom. The summed E-state index contributed by atoms with van der Waals surface area (Å²) < 4.78 is 0. The van der Waals surface area contributed by atoms with Crippen molar-refractivity contribution < 1.29 is 4.79 Å². The summed E-state index contributed by atoms with van der Waals surface area (Å²) in [6.45, 7) is 1.57. The van der Waals surface area contributed by atoms with Gasteiger partial charge in [-0.05, 0) is 25.0 Å². The van der Waals surface area contributed by atoms with Crippen molar-refractivity contribution in [1.29, 1.82) is 0 Å². The van der Waals surface area contributed by atoms with Gasteiger partial charge in [0.1, 0.15) is 5.82 Å². The average molecular weight is 349 g/mol. The van der Waals surface area contributed by atoms with Crippen LogP contribution in [0.2, 0.25) is 0 Å². The third-order valence-corrected chi connectivity index (χ3v) is 5.43. The summed E-state index contributed by atoms with van der Waals surface area (Å²) in [7, 11) is 0. The number of hydrogen-bond acceptors (Lipinski definition) is 4. The quantitative estimate of drug-likeness (QED) is 0.809. The number of H-pyrrole nitrogens is 1. The van der Waals surface area contributed by atoms with Crippen molar-refractivity contribution in [2.45, 2.75) is 50.1 Å². The number of terminal acetylenes is 1. The molecule has 1 fully saturated rings. The first-order valence-electron chi connectivity index (χ1n) is 9.29. The maximum atomic E-state index is 12.5. The van der Waals surface area contributed by atoms with Gasteiger partial charge in [-0.25, -0.2) is 4.98 Å². The Morgan fingerprint density at radius 2 is 2.04 bits per heavy atom. The zero-order valence-corrected chi connectivity index (χ0v) is 14.8. The summed E-state index contributed by atoms with van der Waals surface area (Å²) in [5.74, 6) is 4.25. The lowest BCUT2D eigenvalue weighted by Crippen LogP contribution is -2.38. The zero-order valence-electron chi connectivity index (χ0n) is 14.8. The lowest BCUT2D eigenvalue weighted by molar-refractivity contribution is -0.132. The number of carbonyl (C=O) groups excluding carboxylic acids is 1. The van der Waals surface area contributed by atoms with Crippen LogP contribution in [0.4, 0.5) is 0 Å². The summed E-state index contributed by atoms with van der Waals surface area (Å²) in [4.78, 5) is 22.6. The van der Waals surface area contributed by atoms with Crippen LogP contribution >= 0.6 is 0 Å². The number of likely N-dealkylation sites (tertiary alicyclic amines) is 1. The molecule has 0 saturated carbocycles. The molecule has 1 amide bonds. The number of benzene rings is 1. The lowest BCUT2D eigenvalue weighted by atomic mass is 9.95. The minimum absolute atomic E-state index is 0.199. The number of nitrogens with zero attached hydrogens (tertiary/aromatic N) is 4. The van der Waals surface area contributed by atoms with Gasteiger partial charge in [0.05, 0.1) is 11.0 Å². The Hall–Kier alpha value is -2.68. The topological polar surface area (TPSA) is 73.7 Å². The van der Waals surface area contributed by atoms with Crippen molar-refractivity contribution in [2.75, 3.05) is 13.1 Å². The molecule has 6 nitrogen and oxygen atoms in total. The van der Waals surface area contributed by atoms with E-state index in [0.717, 1.165) is 49.2 Å². The molecule has 1 aromatic carbocycles. The Morgan fingerprint density at radius 3 is 2.73 bits per heavy atom. The number of aromatic amines is 1. The largest absolute Gasteiger partial charge is 0.343 e. The lowest BCUT2D eigenvalue weighted by Gasteiger charge is -2.31. The summed E-state index contributed by atoms with van der Waals surface area (Å²) in [5, 5.41) is 8.21. The summed E-state index contributed by atoms with van der Waals surface area (Å²) in [6, 6.07) is 8.09. The number of hydrogen-bond donors (Lipinski definition) is 1. The van der Waals surface area contributed by atoms with Gasteiger partial charge in [-0.1, -0.05) is 12.1 Å². The van der Waals surface area contributed by atoms with Gasteiger partial charge in [0.2, 0.25) is 5.91 Å². The van der Waals surface area contributed by atoms with Gasteiger partial charge in [0.15, 0.2) is 5.66 Å². The van der Waals surface area contributed by atoms with Crippen molar-refractivity contribution in [3.8, 4) is 12.3 Å². The van der Waals surface area contributed by atoms with E-state index in [1.165, 1.54) is 0 Å². The molecule has 2 aromatic rings.